The molecule has 2 aromatic rings. The Morgan fingerprint density at radius 2 is 2.38 bits per heavy atom. The van der Waals surface area contributed by atoms with Gasteiger partial charge < -0.3 is 15.0 Å². The van der Waals surface area contributed by atoms with Gasteiger partial charge in [-0.2, -0.15) is 0 Å². The van der Waals surface area contributed by atoms with Crippen LogP contribution in [-0.4, -0.2) is 57.5 Å². The van der Waals surface area contributed by atoms with Crippen molar-refractivity contribution in [2.75, 3.05) is 26.2 Å². The summed E-state index contributed by atoms with van der Waals surface area (Å²) in [5.74, 6) is 0.370. The van der Waals surface area contributed by atoms with Crippen LogP contribution in [0, 0.1) is 18.3 Å². The first-order valence-electron chi connectivity index (χ1n) is 8.50. The summed E-state index contributed by atoms with van der Waals surface area (Å²) in [6.45, 7) is 3.67. The lowest BCUT2D eigenvalue weighted by Crippen LogP contribution is -2.41. The number of nitrogens with one attached hydrogen (secondary N) is 1. The molecule has 0 radical (unpaired) electrons. The zero-order chi connectivity index (χ0) is 18.1. The Labute approximate surface area is 154 Å². The Hall–Kier alpha value is -2.55. The van der Waals surface area contributed by atoms with Crippen LogP contribution in [0.2, 0.25) is 0 Å². The van der Waals surface area contributed by atoms with Gasteiger partial charge in [-0.3, -0.25) is 9.59 Å². The van der Waals surface area contributed by atoms with Crippen LogP contribution < -0.4 is 10.1 Å². The Kier molecular flexibility index (Phi) is 4.31. The molecule has 9 heteroatoms. The maximum absolute atomic E-state index is 12.7. The molecule has 0 saturated carbocycles. The Bertz CT molecular complexity index is 827. The molecule has 4 heterocycles. The molecule has 2 saturated heterocycles. The third kappa shape index (κ3) is 2.82. The van der Waals surface area contributed by atoms with Gasteiger partial charge in [-0.25, -0.2) is 4.98 Å². The molecule has 0 bridgehead atoms. The van der Waals surface area contributed by atoms with Gasteiger partial charge in [-0.1, -0.05) is 10.6 Å². The van der Waals surface area contributed by atoms with Gasteiger partial charge >= 0.3 is 0 Å². The van der Waals surface area contributed by atoms with Crippen molar-refractivity contribution in [3.8, 4) is 5.88 Å². The molecule has 2 fully saturated rings. The highest BCUT2D eigenvalue weighted by molar-refractivity contribution is 7.05. The molecule has 26 heavy (non-hydrogen) atoms. The van der Waals surface area contributed by atoms with Gasteiger partial charge in [0.2, 0.25) is 11.8 Å². The molecule has 1 N–H and O–H groups in total. The van der Waals surface area contributed by atoms with E-state index in [9.17, 15) is 9.59 Å². The number of aromatic nitrogens is 3. The van der Waals surface area contributed by atoms with E-state index in [0.29, 0.717) is 44.2 Å². The Morgan fingerprint density at radius 1 is 1.50 bits per heavy atom. The summed E-state index contributed by atoms with van der Waals surface area (Å²) < 4.78 is 9.62. The molecular formula is C17H19N5O3S. The number of carbonyl (C=O) groups excluding carboxylic acids is 2. The van der Waals surface area contributed by atoms with Gasteiger partial charge in [0.1, 0.15) is 0 Å². The van der Waals surface area contributed by atoms with E-state index in [1.807, 2.05) is 19.1 Å². The van der Waals surface area contributed by atoms with Crippen LogP contribution in [0.15, 0.2) is 24.4 Å². The fourth-order valence-electron chi connectivity index (χ4n) is 3.71. The van der Waals surface area contributed by atoms with E-state index in [0.717, 1.165) is 4.88 Å². The number of ether oxygens (including phenoxy) is 1. The minimum absolute atomic E-state index is 0.00412. The molecule has 0 aromatic carbocycles. The Morgan fingerprint density at radius 3 is 3.12 bits per heavy atom. The molecule has 8 nitrogen and oxygen atoms in total. The van der Waals surface area contributed by atoms with E-state index in [2.05, 4.69) is 19.9 Å². The first-order chi connectivity index (χ1) is 12.6. The van der Waals surface area contributed by atoms with Crippen LogP contribution in [0.3, 0.4) is 0 Å². The fraction of sp³-hybridized carbons (Fsp3) is 0.471. The average Bonchev–Trinajstić information content (AvgIpc) is 3.36. The monoisotopic (exact) mass is 373 g/mol. The summed E-state index contributed by atoms with van der Waals surface area (Å²) in [6, 6.07) is 5.47. The van der Waals surface area contributed by atoms with Gasteiger partial charge in [-0.05, 0) is 30.9 Å². The van der Waals surface area contributed by atoms with Crippen LogP contribution in [0.4, 0.5) is 0 Å². The molecule has 2 aromatic heterocycles. The van der Waals surface area contributed by atoms with Crippen LogP contribution in [0.5, 0.6) is 5.88 Å². The number of aryl methyl sites for hydroxylation is 1. The number of rotatable bonds is 4. The molecule has 2 aliphatic heterocycles. The average molecular weight is 373 g/mol. The van der Waals surface area contributed by atoms with E-state index in [-0.39, 0.29) is 17.7 Å². The SMILES string of the molecule is Cc1snnc1C(=O)N1CC[C@]2(C1)C(=O)NC[C@H]2COc1ccccn1. The predicted molar refractivity (Wildman–Crippen MR) is 93.8 cm³/mol. The third-order valence-electron chi connectivity index (χ3n) is 5.26. The van der Waals surface area contributed by atoms with Crippen LogP contribution in [-0.2, 0) is 4.79 Å². The molecule has 2 atom stereocenters. The highest BCUT2D eigenvalue weighted by Crippen LogP contribution is 2.42. The number of hydrogen-bond acceptors (Lipinski definition) is 7. The highest BCUT2D eigenvalue weighted by Gasteiger charge is 2.55. The van der Waals surface area contributed by atoms with Crippen LogP contribution in [0.1, 0.15) is 21.8 Å². The molecule has 4 rings (SSSR count). The number of amides is 2. The minimum Gasteiger partial charge on any atom is -0.477 e. The van der Waals surface area contributed by atoms with E-state index >= 15 is 0 Å². The Balaban J connectivity index is 1.48. The first kappa shape index (κ1) is 16.9. The number of carbonyl (C=O) groups is 2. The second-order valence-electron chi connectivity index (χ2n) is 6.70. The van der Waals surface area contributed by atoms with Crippen molar-refractivity contribution in [1.29, 1.82) is 0 Å². The zero-order valence-corrected chi connectivity index (χ0v) is 15.2. The fourth-order valence-corrected chi connectivity index (χ4v) is 4.17. The van der Waals surface area contributed by atoms with E-state index in [1.54, 1.807) is 17.2 Å². The second kappa shape index (κ2) is 6.64. The van der Waals surface area contributed by atoms with Gasteiger partial charge in [0, 0.05) is 37.8 Å². The molecule has 2 aliphatic rings. The second-order valence-corrected chi connectivity index (χ2v) is 7.65. The minimum atomic E-state index is -0.609. The summed E-state index contributed by atoms with van der Waals surface area (Å²) in [5, 5.41) is 6.87. The third-order valence-corrected chi connectivity index (χ3v) is 5.89. The van der Waals surface area contributed by atoms with Crippen LogP contribution >= 0.6 is 11.5 Å². The summed E-state index contributed by atoms with van der Waals surface area (Å²) in [4.78, 5) is 32.0. The normalized spacial score (nSPS) is 24.9. The van der Waals surface area contributed by atoms with Crippen LogP contribution in [0.25, 0.3) is 0 Å². The topological polar surface area (TPSA) is 97.3 Å². The standard InChI is InChI=1S/C17H19N5O3S/c1-11-14(20-21-26-11)15(23)22-7-5-17(10-22)12(8-19-16(17)24)9-25-13-4-2-3-6-18-13/h2-4,6,12H,5,7-10H2,1H3,(H,19,24)/t12-,17+/m0/s1. The largest absolute Gasteiger partial charge is 0.477 e. The molecule has 1 spiro atoms. The van der Waals surface area contributed by atoms with Crippen molar-refractivity contribution in [3.63, 3.8) is 0 Å². The smallest absolute Gasteiger partial charge is 0.275 e. The van der Waals surface area contributed by atoms with E-state index in [1.165, 1.54) is 11.5 Å². The number of hydrogen-bond donors (Lipinski definition) is 1. The number of likely N-dealkylation sites (tertiary alicyclic amines) is 1. The summed E-state index contributed by atoms with van der Waals surface area (Å²) >= 11 is 1.21. The molecule has 2 amide bonds. The lowest BCUT2D eigenvalue weighted by Gasteiger charge is -2.27. The summed E-state index contributed by atoms with van der Waals surface area (Å²) in [5.41, 5.74) is -0.228. The summed E-state index contributed by atoms with van der Waals surface area (Å²) in [7, 11) is 0. The van der Waals surface area contributed by atoms with Gasteiger partial charge in [-0.15, -0.1) is 5.10 Å². The van der Waals surface area contributed by atoms with Crippen molar-refractivity contribution in [2.45, 2.75) is 13.3 Å². The molecule has 136 valence electrons. The van der Waals surface area contributed by atoms with Gasteiger partial charge in [0.05, 0.1) is 16.9 Å². The first-order valence-corrected chi connectivity index (χ1v) is 9.28. The van der Waals surface area contributed by atoms with E-state index < -0.39 is 5.41 Å². The number of pyridine rings is 1. The lowest BCUT2D eigenvalue weighted by molar-refractivity contribution is -0.128. The zero-order valence-electron chi connectivity index (χ0n) is 14.3. The maximum atomic E-state index is 12.7. The van der Waals surface area contributed by atoms with Gasteiger partial charge in [0.15, 0.2) is 5.69 Å². The molecular weight excluding hydrogens is 354 g/mol. The lowest BCUT2D eigenvalue weighted by atomic mass is 9.77. The van der Waals surface area contributed by atoms with Crippen molar-refractivity contribution in [1.82, 2.24) is 24.8 Å². The van der Waals surface area contributed by atoms with Crippen molar-refractivity contribution in [2.24, 2.45) is 11.3 Å². The van der Waals surface area contributed by atoms with Gasteiger partial charge in [0.25, 0.3) is 5.91 Å². The van der Waals surface area contributed by atoms with Crippen molar-refractivity contribution in [3.05, 3.63) is 35.0 Å². The highest BCUT2D eigenvalue weighted by atomic mass is 32.1. The predicted octanol–water partition coefficient (Wildman–Crippen LogP) is 0.899. The van der Waals surface area contributed by atoms with Crippen molar-refractivity contribution >= 4 is 23.3 Å². The quantitative estimate of drug-likeness (QED) is 0.855. The maximum Gasteiger partial charge on any atom is 0.275 e. The van der Waals surface area contributed by atoms with Crippen molar-refractivity contribution < 1.29 is 14.3 Å². The van der Waals surface area contributed by atoms with E-state index in [4.69, 9.17) is 4.74 Å². The summed E-state index contributed by atoms with van der Waals surface area (Å²) in [6.07, 6.45) is 2.29. The number of nitrogens with zero attached hydrogens (tertiary/aromatic N) is 4. The molecule has 0 unspecified atom stereocenters. The molecule has 0 aliphatic carbocycles.